The molecule has 0 aliphatic carbocycles. The van der Waals surface area contributed by atoms with Crippen LogP contribution in [0.2, 0.25) is 0 Å². The Hall–Kier alpha value is -4.37. The lowest BCUT2D eigenvalue weighted by molar-refractivity contribution is 0.0694. The van der Waals surface area contributed by atoms with Gasteiger partial charge in [-0.3, -0.25) is 0 Å². The van der Waals surface area contributed by atoms with Gasteiger partial charge in [-0.25, -0.2) is 18.0 Å². The third kappa shape index (κ3) is 5.25. The van der Waals surface area contributed by atoms with Crippen molar-refractivity contribution in [3.8, 4) is 34.4 Å². The summed E-state index contributed by atoms with van der Waals surface area (Å²) in [4.78, 5) is 15.2. The molecule has 0 radical (unpaired) electrons. The normalized spacial score (nSPS) is 10.8. The molecule has 0 bridgehead atoms. The minimum Gasteiger partial charge on any atom is -0.478 e. The number of ether oxygens (including phenoxy) is 2. The van der Waals surface area contributed by atoms with Gasteiger partial charge < -0.3 is 20.3 Å². The van der Waals surface area contributed by atoms with Gasteiger partial charge in [0.1, 0.15) is 22.9 Å². The van der Waals surface area contributed by atoms with Crippen molar-refractivity contribution >= 4 is 5.97 Å². The Kier molecular flexibility index (Phi) is 6.70. The molecule has 0 atom stereocenters. The molecule has 0 saturated carbocycles. The van der Waals surface area contributed by atoms with E-state index in [4.69, 9.17) is 15.2 Å². The SMILES string of the molecule is Cc1ccc(C(=O)O)c(Oc2nc(Oc3cccc(-c4cc(CN)ccc4F)c3)c(F)cc2F)c1. The van der Waals surface area contributed by atoms with E-state index in [0.717, 1.165) is 5.56 Å². The van der Waals surface area contributed by atoms with Crippen molar-refractivity contribution < 1.29 is 32.5 Å². The molecule has 4 aromatic rings. The van der Waals surface area contributed by atoms with Crippen LogP contribution in [-0.4, -0.2) is 16.1 Å². The van der Waals surface area contributed by atoms with Gasteiger partial charge >= 0.3 is 5.97 Å². The first-order valence-corrected chi connectivity index (χ1v) is 10.4. The fraction of sp³-hybridized carbons (Fsp3) is 0.0769. The number of nitrogens with zero attached hydrogens (tertiary/aromatic N) is 1. The number of pyridine rings is 1. The van der Waals surface area contributed by atoms with E-state index in [9.17, 15) is 23.1 Å². The van der Waals surface area contributed by atoms with Gasteiger partial charge in [0.25, 0.3) is 11.8 Å². The van der Waals surface area contributed by atoms with E-state index in [2.05, 4.69) is 4.98 Å². The van der Waals surface area contributed by atoms with Crippen LogP contribution in [-0.2, 0) is 6.54 Å². The second-order valence-corrected chi connectivity index (χ2v) is 7.62. The number of carboxylic acid groups (broad SMARTS) is 1. The zero-order valence-corrected chi connectivity index (χ0v) is 18.4. The molecule has 0 spiro atoms. The topological polar surface area (TPSA) is 94.7 Å². The number of rotatable bonds is 7. The van der Waals surface area contributed by atoms with E-state index in [1.165, 1.54) is 30.3 Å². The van der Waals surface area contributed by atoms with E-state index in [1.54, 1.807) is 37.3 Å². The first-order valence-electron chi connectivity index (χ1n) is 10.4. The molecule has 3 N–H and O–H groups in total. The Morgan fingerprint density at radius 1 is 0.914 bits per heavy atom. The average molecular weight is 480 g/mol. The van der Waals surface area contributed by atoms with Crippen LogP contribution in [0.4, 0.5) is 13.2 Å². The Bertz CT molecular complexity index is 1430. The highest BCUT2D eigenvalue weighted by Crippen LogP contribution is 2.33. The van der Waals surface area contributed by atoms with Crippen molar-refractivity contribution in [1.82, 2.24) is 4.98 Å². The lowest BCUT2D eigenvalue weighted by atomic mass is 10.0. The Morgan fingerprint density at radius 2 is 1.66 bits per heavy atom. The molecule has 9 heteroatoms. The van der Waals surface area contributed by atoms with Crippen molar-refractivity contribution in [3.05, 3.63) is 101 Å². The molecule has 0 aliphatic rings. The Balaban J connectivity index is 1.67. The number of benzene rings is 3. The van der Waals surface area contributed by atoms with E-state index in [0.29, 0.717) is 17.2 Å². The summed E-state index contributed by atoms with van der Waals surface area (Å²) in [5.74, 6) is -5.38. The molecule has 6 nitrogen and oxygen atoms in total. The molecule has 35 heavy (non-hydrogen) atoms. The van der Waals surface area contributed by atoms with Crippen LogP contribution in [0.1, 0.15) is 21.5 Å². The van der Waals surface area contributed by atoms with E-state index in [1.807, 2.05) is 0 Å². The highest BCUT2D eigenvalue weighted by molar-refractivity contribution is 5.91. The summed E-state index contributed by atoms with van der Waals surface area (Å²) in [6.45, 7) is 1.92. The summed E-state index contributed by atoms with van der Waals surface area (Å²) in [6.07, 6.45) is 0. The summed E-state index contributed by atoms with van der Waals surface area (Å²) in [5, 5.41) is 9.36. The summed E-state index contributed by atoms with van der Waals surface area (Å²) >= 11 is 0. The highest BCUT2D eigenvalue weighted by atomic mass is 19.1. The van der Waals surface area contributed by atoms with Gasteiger partial charge in [0.05, 0.1) is 0 Å². The standard InChI is InChI=1S/C26H19F3N2O4/c1-14-5-7-18(26(32)33)23(9-14)35-25-22(29)12-21(28)24(31-25)34-17-4-2-3-16(11-17)19-10-15(13-30)6-8-20(19)27/h2-12H,13,30H2,1H3,(H,32,33). The van der Waals surface area contributed by atoms with Gasteiger partial charge in [-0.2, -0.15) is 4.98 Å². The maximum Gasteiger partial charge on any atom is 0.339 e. The number of aromatic nitrogens is 1. The third-order valence-electron chi connectivity index (χ3n) is 5.07. The van der Waals surface area contributed by atoms with Crippen LogP contribution in [0.25, 0.3) is 11.1 Å². The van der Waals surface area contributed by atoms with Crippen molar-refractivity contribution in [2.24, 2.45) is 5.73 Å². The lowest BCUT2D eigenvalue weighted by Gasteiger charge is -2.12. The van der Waals surface area contributed by atoms with Gasteiger partial charge in [-0.15, -0.1) is 0 Å². The second-order valence-electron chi connectivity index (χ2n) is 7.62. The minimum atomic E-state index is -1.29. The maximum atomic E-state index is 14.5. The molecule has 0 fully saturated rings. The zero-order chi connectivity index (χ0) is 25.1. The summed E-state index contributed by atoms with van der Waals surface area (Å²) in [5.41, 5.74) is 7.51. The summed E-state index contributed by atoms with van der Waals surface area (Å²) in [6, 6.07) is 15.4. The molecule has 0 saturated heterocycles. The van der Waals surface area contributed by atoms with E-state index < -0.39 is 35.2 Å². The number of hydrogen-bond donors (Lipinski definition) is 2. The molecular formula is C26H19F3N2O4. The molecule has 0 aliphatic heterocycles. The molecular weight excluding hydrogens is 461 g/mol. The average Bonchev–Trinajstić information content (AvgIpc) is 2.82. The van der Waals surface area contributed by atoms with Crippen molar-refractivity contribution in [1.29, 1.82) is 0 Å². The van der Waals surface area contributed by atoms with Crippen molar-refractivity contribution in [2.75, 3.05) is 0 Å². The molecule has 178 valence electrons. The summed E-state index contributed by atoms with van der Waals surface area (Å²) < 4.78 is 54.1. The molecule has 4 rings (SSSR count). The van der Waals surface area contributed by atoms with Crippen LogP contribution in [0, 0.1) is 24.4 Å². The molecule has 3 aromatic carbocycles. The lowest BCUT2D eigenvalue weighted by Crippen LogP contribution is -2.03. The Morgan fingerprint density at radius 3 is 2.37 bits per heavy atom. The predicted octanol–water partition coefficient (Wildman–Crippen LogP) is 6.22. The smallest absolute Gasteiger partial charge is 0.339 e. The van der Waals surface area contributed by atoms with Crippen LogP contribution in [0.3, 0.4) is 0 Å². The molecule has 0 amide bonds. The maximum absolute atomic E-state index is 14.5. The van der Waals surface area contributed by atoms with Gasteiger partial charge in [0, 0.05) is 18.2 Å². The summed E-state index contributed by atoms with van der Waals surface area (Å²) in [7, 11) is 0. The van der Waals surface area contributed by atoms with Gasteiger partial charge in [-0.1, -0.05) is 24.3 Å². The van der Waals surface area contributed by atoms with Gasteiger partial charge in [0.2, 0.25) is 0 Å². The Labute approximate surface area is 198 Å². The first kappa shape index (κ1) is 23.8. The number of halogens is 3. The van der Waals surface area contributed by atoms with E-state index >= 15 is 0 Å². The number of nitrogens with two attached hydrogens (primary N) is 1. The zero-order valence-electron chi connectivity index (χ0n) is 18.4. The second kappa shape index (κ2) is 9.86. The third-order valence-corrected chi connectivity index (χ3v) is 5.07. The minimum absolute atomic E-state index is 0.103. The van der Waals surface area contributed by atoms with Crippen LogP contribution < -0.4 is 15.2 Å². The number of aromatic carboxylic acids is 1. The quantitative estimate of drug-likeness (QED) is 0.326. The van der Waals surface area contributed by atoms with Gasteiger partial charge in [0.15, 0.2) is 11.6 Å². The largest absolute Gasteiger partial charge is 0.478 e. The van der Waals surface area contributed by atoms with E-state index in [-0.39, 0.29) is 29.2 Å². The van der Waals surface area contributed by atoms with Crippen molar-refractivity contribution in [2.45, 2.75) is 13.5 Å². The number of aryl methyl sites for hydroxylation is 1. The molecule has 1 heterocycles. The number of carbonyl (C=O) groups is 1. The fourth-order valence-electron chi connectivity index (χ4n) is 3.33. The highest BCUT2D eigenvalue weighted by Gasteiger charge is 2.19. The van der Waals surface area contributed by atoms with Crippen molar-refractivity contribution in [3.63, 3.8) is 0 Å². The van der Waals surface area contributed by atoms with Crippen LogP contribution in [0.5, 0.6) is 23.3 Å². The monoisotopic (exact) mass is 480 g/mol. The fourth-order valence-corrected chi connectivity index (χ4v) is 3.33. The van der Waals surface area contributed by atoms with Gasteiger partial charge in [-0.05, 0) is 60.0 Å². The number of carboxylic acids is 1. The van der Waals surface area contributed by atoms with Crippen LogP contribution >= 0.6 is 0 Å². The molecule has 0 unspecified atom stereocenters. The van der Waals surface area contributed by atoms with Crippen LogP contribution in [0.15, 0.2) is 66.7 Å². The number of hydrogen-bond acceptors (Lipinski definition) is 5. The first-order chi connectivity index (χ1) is 16.7. The predicted molar refractivity (Wildman–Crippen MR) is 122 cm³/mol. The molecule has 1 aromatic heterocycles.